The normalized spacial score (nSPS) is 18.5. The summed E-state index contributed by atoms with van der Waals surface area (Å²) in [5, 5.41) is 0. The molecule has 0 aromatic heterocycles. The van der Waals surface area contributed by atoms with E-state index in [4.69, 9.17) is 5.73 Å². The number of anilines is 3. The lowest BCUT2D eigenvalue weighted by Gasteiger charge is -2.35. The van der Waals surface area contributed by atoms with Crippen LogP contribution in [0.15, 0.2) is 48.5 Å². The molecule has 1 unspecified atom stereocenters. The third-order valence-corrected chi connectivity index (χ3v) is 3.57. The van der Waals surface area contributed by atoms with Crippen molar-refractivity contribution in [3.05, 3.63) is 54.1 Å². The van der Waals surface area contributed by atoms with Gasteiger partial charge in [0, 0.05) is 12.2 Å². The summed E-state index contributed by atoms with van der Waals surface area (Å²) in [6, 6.07) is 16.7. The summed E-state index contributed by atoms with van der Waals surface area (Å²) in [5.74, 6) is 0.652. The number of nitrogen functional groups attached to an aromatic ring is 1. The summed E-state index contributed by atoms with van der Waals surface area (Å²) in [6.45, 7) is 3.33. The first-order valence-electron chi connectivity index (χ1n) is 6.45. The van der Waals surface area contributed by atoms with Crippen molar-refractivity contribution in [2.45, 2.75) is 13.3 Å². The fourth-order valence-corrected chi connectivity index (χ4v) is 2.76. The van der Waals surface area contributed by atoms with Gasteiger partial charge in [-0.3, -0.25) is 0 Å². The van der Waals surface area contributed by atoms with Crippen molar-refractivity contribution < 1.29 is 0 Å². The van der Waals surface area contributed by atoms with Crippen LogP contribution in [0.5, 0.6) is 0 Å². The molecule has 2 aromatic carbocycles. The van der Waals surface area contributed by atoms with E-state index in [1.165, 1.54) is 11.3 Å². The topological polar surface area (TPSA) is 29.3 Å². The standard InChI is InChI=1S/C16H18N2/c1-12-10-13-6-2-4-8-15(13)18(11-12)16-9-5-3-7-14(16)17/h2-9,12H,10-11,17H2,1H3. The van der Waals surface area contributed by atoms with Crippen LogP contribution in [0.1, 0.15) is 12.5 Å². The fraction of sp³-hybridized carbons (Fsp3) is 0.250. The Morgan fingerprint density at radius 1 is 1.00 bits per heavy atom. The Morgan fingerprint density at radius 3 is 2.44 bits per heavy atom. The Labute approximate surface area is 108 Å². The molecule has 2 aromatic rings. The predicted octanol–water partition coefficient (Wildman–Crippen LogP) is 3.60. The molecule has 1 aliphatic rings. The van der Waals surface area contributed by atoms with Gasteiger partial charge < -0.3 is 10.6 Å². The molecule has 0 aliphatic carbocycles. The highest BCUT2D eigenvalue weighted by Crippen LogP contribution is 2.37. The van der Waals surface area contributed by atoms with Gasteiger partial charge in [0.15, 0.2) is 0 Å². The lowest BCUT2D eigenvalue weighted by molar-refractivity contribution is 0.562. The van der Waals surface area contributed by atoms with Gasteiger partial charge in [-0.15, -0.1) is 0 Å². The molecule has 0 saturated heterocycles. The second-order valence-corrected chi connectivity index (χ2v) is 5.11. The number of hydrogen-bond donors (Lipinski definition) is 1. The quantitative estimate of drug-likeness (QED) is 0.769. The number of nitrogens with zero attached hydrogens (tertiary/aromatic N) is 1. The van der Waals surface area contributed by atoms with Crippen LogP contribution >= 0.6 is 0 Å². The molecule has 0 spiro atoms. The number of benzene rings is 2. The Hall–Kier alpha value is -1.96. The Kier molecular flexibility index (Phi) is 2.71. The first-order valence-corrected chi connectivity index (χ1v) is 6.45. The Bertz CT molecular complexity index is 563. The van der Waals surface area contributed by atoms with Crippen molar-refractivity contribution >= 4 is 17.1 Å². The van der Waals surface area contributed by atoms with Gasteiger partial charge in [0.2, 0.25) is 0 Å². The highest BCUT2D eigenvalue weighted by molar-refractivity contribution is 5.77. The minimum absolute atomic E-state index is 0.652. The van der Waals surface area contributed by atoms with Crippen LogP contribution in [0, 0.1) is 5.92 Å². The van der Waals surface area contributed by atoms with Gasteiger partial charge in [0.05, 0.1) is 11.4 Å². The molecule has 2 nitrogen and oxygen atoms in total. The average molecular weight is 238 g/mol. The van der Waals surface area contributed by atoms with E-state index in [-0.39, 0.29) is 0 Å². The second-order valence-electron chi connectivity index (χ2n) is 5.11. The SMILES string of the molecule is CC1Cc2ccccc2N(c2ccccc2N)C1. The molecule has 0 saturated carbocycles. The van der Waals surface area contributed by atoms with E-state index in [9.17, 15) is 0 Å². The van der Waals surface area contributed by atoms with Crippen LogP contribution in [0.3, 0.4) is 0 Å². The zero-order valence-electron chi connectivity index (χ0n) is 10.6. The molecule has 0 radical (unpaired) electrons. The van der Waals surface area contributed by atoms with Gasteiger partial charge in [-0.05, 0) is 36.1 Å². The first kappa shape index (κ1) is 11.1. The van der Waals surface area contributed by atoms with Crippen LogP contribution in [0.4, 0.5) is 17.1 Å². The molecule has 0 bridgehead atoms. The maximum Gasteiger partial charge on any atom is 0.0644 e. The zero-order valence-corrected chi connectivity index (χ0v) is 10.6. The molecule has 2 N–H and O–H groups in total. The van der Waals surface area contributed by atoms with Crippen LogP contribution in [-0.4, -0.2) is 6.54 Å². The number of para-hydroxylation sites is 3. The summed E-state index contributed by atoms with van der Waals surface area (Å²) in [6.07, 6.45) is 1.15. The molecule has 18 heavy (non-hydrogen) atoms. The summed E-state index contributed by atoms with van der Waals surface area (Å²) < 4.78 is 0. The summed E-state index contributed by atoms with van der Waals surface area (Å²) in [7, 11) is 0. The van der Waals surface area contributed by atoms with E-state index in [1.807, 2.05) is 18.2 Å². The van der Waals surface area contributed by atoms with Crippen molar-refractivity contribution in [1.82, 2.24) is 0 Å². The van der Waals surface area contributed by atoms with Gasteiger partial charge in [-0.1, -0.05) is 37.3 Å². The third kappa shape index (κ3) is 1.84. The smallest absolute Gasteiger partial charge is 0.0644 e. The maximum atomic E-state index is 6.11. The minimum atomic E-state index is 0.652. The van der Waals surface area contributed by atoms with E-state index in [2.05, 4.69) is 42.2 Å². The lowest BCUT2D eigenvalue weighted by Crippen LogP contribution is -2.30. The van der Waals surface area contributed by atoms with Gasteiger partial charge in [0.25, 0.3) is 0 Å². The van der Waals surface area contributed by atoms with E-state index >= 15 is 0 Å². The molecule has 1 heterocycles. The van der Waals surface area contributed by atoms with Gasteiger partial charge in [0.1, 0.15) is 0 Å². The fourth-order valence-electron chi connectivity index (χ4n) is 2.76. The highest BCUT2D eigenvalue weighted by Gasteiger charge is 2.23. The number of hydrogen-bond acceptors (Lipinski definition) is 2. The van der Waals surface area contributed by atoms with Crippen molar-refractivity contribution in [3.8, 4) is 0 Å². The van der Waals surface area contributed by atoms with Crippen LogP contribution < -0.4 is 10.6 Å². The molecule has 0 amide bonds. The number of fused-ring (bicyclic) bond motifs is 1. The van der Waals surface area contributed by atoms with Gasteiger partial charge in [-0.25, -0.2) is 0 Å². The third-order valence-electron chi connectivity index (χ3n) is 3.57. The van der Waals surface area contributed by atoms with Crippen LogP contribution in [0.2, 0.25) is 0 Å². The van der Waals surface area contributed by atoms with Crippen molar-refractivity contribution in [2.75, 3.05) is 17.2 Å². The van der Waals surface area contributed by atoms with E-state index in [1.54, 1.807) is 0 Å². The summed E-state index contributed by atoms with van der Waals surface area (Å²) >= 11 is 0. The summed E-state index contributed by atoms with van der Waals surface area (Å²) in [5.41, 5.74) is 10.8. The molecule has 0 fully saturated rings. The monoisotopic (exact) mass is 238 g/mol. The largest absolute Gasteiger partial charge is 0.397 e. The van der Waals surface area contributed by atoms with Crippen molar-refractivity contribution in [1.29, 1.82) is 0 Å². The van der Waals surface area contributed by atoms with E-state index in [0.29, 0.717) is 5.92 Å². The molecule has 1 aliphatic heterocycles. The summed E-state index contributed by atoms with van der Waals surface area (Å²) in [4.78, 5) is 2.35. The van der Waals surface area contributed by atoms with Crippen LogP contribution in [0.25, 0.3) is 0 Å². The van der Waals surface area contributed by atoms with Gasteiger partial charge in [-0.2, -0.15) is 0 Å². The van der Waals surface area contributed by atoms with E-state index in [0.717, 1.165) is 24.3 Å². The lowest BCUT2D eigenvalue weighted by atomic mass is 9.93. The molecule has 3 rings (SSSR count). The second kappa shape index (κ2) is 4.37. The zero-order chi connectivity index (χ0) is 12.5. The van der Waals surface area contributed by atoms with Crippen LogP contribution in [-0.2, 0) is 6.42 Å². The van der Waals surface area contributed by atoms with Crippen molar-refractivity contribution in [2.24, 2.45) is 5.92 Å². The molecular weight excluding hydrogens is 220 g/mol. The molecule has 92 valence electrons. The molecule has 1 atom stereocenters. The number of rotatable bonds is 1. The van der Waals surface area contributed by atoms with Crippen molar-refractivity contribution in [3.63, 3.8) is 0 Å². The highest BCUT2D eigenvalue weighted by atomic mass is 15.2. The first-order chi connectivity index (χ1) is 8.75. The Morgan fingerprint density at radius 2 is 1.67 bits per heavy atom. The molecule has 2 heteroatoms. The predicted molar refractivity (Wildman–Crippen MR) is 77.2 cm³/mol. The Balaban J connectivity index is 2.11. The van der Waals surface area contributed by atoms with Gasteiger partial charge >= 0.3 is 0 Å². The average Bonchev–Trinajstić information content (AvgIpc) is 2.38. The molecular formula is C16H18N2. The minimum Gasteiger partial charge on any atom is -0.397 e. The number of nitrogens with two attached hydrogens (primary N) is 1. The van der Waals surface area contributed by atoms with E-state index < -0.39 is 0 Å². The maximum absolute atomic E-state index is 6.11.